The quantitative estimate of drug-likeness (QED) is 0.774. The smallest absolute Gasteiger partial charge is 0.0622 e. The summed E-state index contributed by atoms with van der Waals surface area (Å²) in [4.78, 5) is 0. The molecule has 2 nitrogen and oxygen atoms in total. The largest absolute Gasteiger partial charge is 0.396 e. The zero-order valence-electron chi connectivity index (χ0n) is 9.00. The maximum Gasteiger partial charge on any atom is 0.0622 e. The second kappa shape index (κ2) is 6.38. The molecule has 0 heterocycles. The first kappa shape index (κ1) is 12.0. The van der Waals surface area contributed by atoms with Crippen LogP contribution in [0.1, 0.15) is 18.9 Å². The van der Waals surface area contributed by atoms with Crippen LogP contribution in [-0.2, 0) is 0 Å². The zero-order valence-corrected chi connectivity index (χ0v) is 9.00. The predicted molar refractivity (Wildman–Crippen MR) is 62.3 cm³/mol. The maximum absolute atomic E-state index is 9.58. The van der Waals surface area contributed by atoms with Gasteiger partial charge in [0.05, 0.1) is 6.10 Å². The van der Waals surface area contributed by atoms with Gasteiger partial charge in [-0.15, -0.1) is 0 Å². The molecule has 0 radical (unpaired) electrons. The molecule has 0 aliphatic carbocycles. The van der Waals surface area contributed by atoms with E-state index in [1.807, 2.05) is 49.4 Å². The minimum Gasteiger partial charge on any atom is -0.396 e. The molecule has 2 heteroatoms. The molecule has 0 saturated heterocycles. The van der Waals surface area contributed by atoms with Gasteiger partial charge in [0.25, 0.3) is 0 Å². The van der Waals surface area contributed by atoms with E-state index < -0.39 is 6.10 Å². The highest BCUT2D eigenvalue weighted by Crippen LogP contribution is 2.11. The Labute approximate surface area is 90.9 Å². The highest BCUT2D eigenvalue weighted by Gasteiger charge is 2.09. The Hall–Kier alpha value is -1.12. The summed E-state index contributed by atoms with van der Waals surface area (Å²) in [6.45, 7) is 1.98. The summed E-state index contributed by atoms with van der Waals surface area (Å²) in [5.74, 6) is 0.0670. The summed E-state index contributed by atoms with van der Waals surface area (Å²) in [6.07, 6.45) is 3.93. The summed E-state index contributed by atoms with van der Waals surface area (Å²) < 4.78 is 0. The molecule has 0 aliphatic rings. The van der Waals surface area contributed by atoms with E-state index in [1.54, 1.807) is 0 Å². The molecule has 0 saturated carbocycles. The van der Waals surface area contributed by atoms with Gasteiger partial charge in [-0.25, -0.2) is 0 Å². The molecule has 0 spiro atoms. The second-order valence-corrected chi connectivity index (χ2v) is 3.71. The van der Waals surface area contributed by atoms with E-state index in [0.717, 1.165) is 5.56 Å². The average molecular weight is 206 g/mol. The van der Waals surface area contributed by atoms with Gasteiger partial charge in [-0.1, -0.05) is 49.4 Å². The summed E-state index contributed by atoms with van der Waals surface area (Å²) in [5, 5.41) is 18.3. The second-order valence-electron chi connectivity index (χ2n) is 3.71. The molecule has 0 bridgehead atoms. The van der Waals surface area contributed by atoms with E-state index in [9.17, 15) is 5.11 Å². The summed E-state index contributed by atoms with van der Waals surface area (Å²) in [7, 11) is 0. The van der Waals surface area contributed by atoms with E-state index in [0.29, 0.717) is 6.42 Å². The Morgan fingerprint density at radius 1 is 1.27 bits per heavy atom. The number of aliphatic hydroxyl groups excluding tert-OH is 2. The third-order valence-corrected chi connectivity index (χ3v) is 2.42. The highest BCUT2D eigenvalue weighted by atomic mass is 16.3. The van der Waals surface area contributed by atoms with Gasteiger partial charge in [0.1, 0.15) is 0 Å². The fourth-order valence-corrected chi connectivity index (χ4v) is 1.35. The van der Waals surface area contributed by atoms with Crippen LogP contribution in [0.4, 0.5) is 0 Å². The molecule has 0 fully saturated rings. The molecule has 2 atom stereocenters. The Morgan fingerprint density at radius 3 is 2.53 bits per heavy atom. The minimum absolute atomic E-state index is 0.0324. The van der Waals surface area contributed by atoms with Crippen molar-refractivity contribution in [3.8, 4) is 0 Å². The molecule has 82 valence electrons. The van der Waals surface area contributed by atoms with Gasteiger partial charge in [0, 0.05) is 12.5 Å². The lowest BCUT2D eigenvalue weighted by Crippen LogP contribution is -2.16. The van der Waals surface area contributed by atoms with Crippen molar-refractivity contribution in [3.05, 3.63) is 42.0 Å². The Bertz CT molecular complexity index is 293. The predicted octanol–water partition coefficient (Wildman–Crippen LogP) is 2.08. The van der Waals surface area contributed by atoms with Crippen LogP contribution in [-0.4, -0.2) is 22.9 Å². The first-order valence-corrected chi connectivity index (χ1v) is 5.26. The van der Waals surface area contributed by atoms with Gasteiger partial charge in [0.2, 0.25) is 0 Å². The lowest BCUT2D eigenvalue weighted by molar-refractivity contribution is 0.103. The Balaban J connectivity index is 2.50. The molecule has 2 N–H and O–H groups in total. The van der Waals surface area contributed by atoms with Crippen LogP contribution in [0.15, 0.2) is 36.4 Å². The van der Waals surface area contributed by atoms with Crippen molar-refractivity contribution in [1.82, 2.24) is 0 Å². The number of benzene rings is 1. The summed E-state index contributed by atoms with van der Waals surface area (Å²) in [6, 6.07) is 9.97. The number of hydrogen-bond acceptors (Lipinski definition) is 2. The van der Waals surface area contributed by atoms with Crippen molar-refractivity contribution in [2.75, 3.05) is 6.61 Å². The Kier molecular flexibility index (Phi) is 5.08. The lowest BCUT2D eigenvalue weighted by Gasteiger charge is -2.13. The fourth-order valence-electron chi connectivity index (χ4n) is 1.35. The van der Waals surface area contributed by atoms with Crippen molar-refractivity contribution >= 4 is 6.08 Å². The van der Waals surface area contributed by atoms with Gasteiger partial charge in [-0.3, -0.25) is 0 Å². The van der Waals surface area contributed by atoms with Gasteiger partial charge in [0.15, 0.2) is 0 Å². The van der Waals surface area contributed by atoms with Crippen LogP contribution in [0.25, 0.3) is 6.08 Å². The molecule has 0 amide bonds. The number of hydrogen-bond donors (Lipinski definition) is 2. The van der Waals surface area contributed by atoms with Crippen LogP contribution < -0.4 is 0 Å². The zero-order chi connectivity index (χ0) is 11.1. The molecule has 1 rings (SSSR count). The molecule has 15 heavy (non-hydrogen) atoms. The normalized spacial score (nSPS) is 15.4. The van der Waals surface area contributed by atoms with Crippen LogP contribution in [0.3, 0.4) is 0 Å². The molecule has 0 aliphatic heterocycles. The third-order valence-electron chi connectivity index (χ3n) is 2.42. The first-order valence-electron chi connectivity index (χ1n) is 5.26. The van der Waals surface area contributed by atoms with E-state index in [4.69, 9.17) is 5.11 Å². The Morgan fingerprint density at radius 2 is 1.93 bits per heavy atom. The topological polar surface area (TPSA) is 40.5 Å². The average Bonchev–Trinajstić information content (AvgIpc) is 2.27. The molecule has 0 aromatic heterocycles. The maximum atomic E-state index is 9.58. The molecule has 1 aromatic carbocycles. The fraction of sp³-hybridized carbons (Fsp3) is 0.385. The van der Waals surface area contributed by atoms with E-state index >= 15 is 0 Å². The number of rotatable bonds is 5. The highest BCUT2D eigenvalue weighted by molar-refractivity contribution is 5.48. The third kappa shape index (κ3) is 4.28. The van der Waals surface area contributed by atoms with Crippen molar-refractivity contribution < 1.29 is 10.2 Å². The van der Waals surface area contributed by atoms with Gasteiger partial charge in [-0.2, -0.15) is 0 Å². The molecule has 0 unspecified atom stereocenters. The van der Waals surface area contributed by atoms with E-state index in [-0.39, 0.29) is 12.5 Å². The summed E-state index contributed by atoms with van der Waals surface area (Å²) in [5.41, 5.74) is 1.13. The SMILES string of the molecule is C[C@H](/C=C/c1ccccc1)[C@@H](O)CCO. The minimum atomic E-state index is -0.463. The van der Waals surface area contributed by atoms with Gasteiger partial charge < -0.3 is 10.2 Å². The van der Waals surface area contributed by atoms with Gasteiger partial charge >= 0.3 is 0 Å². The van der Waals surface area contributed by atoms with E-state index in [2.05, 4.69) is 0 Å². The van der Waals surface area contributed by atoms with Crippen LogP contribution >= 0.6 is 0 Å². The number of aliphatic hydroxyl groups is 2. The van der Waals surface area contributed by atoms with Crippen molar-refractivity contribution in [1.29, 1.82) is 0 Å². The standard InChI is InChI=1S/C13H18O2/c1-11(13(15)9-10-14)7-8-12-5-3-2-4-6-12/h2-8,11,13-15H,9-10H2,1H3/b8-7+/t11-,13+/m1/s1. The summed E-state index contributed by atoms with van der Waals surface area (Å²) >= 11 is 0. The van der Waals surface area contributed by atoms with Crippen LogP contribution in [0.2, 0.25) is 0 Å². The van der Waals surface area contributed by atoms with Crippen LogP contribution in [0, 0.1) is 5.92 Å². The monoisotopic (exact) mass is 206 g/mol. The molecule has 1 aromatic rings. The van der Waals surface area contributed by atoms with Crippen molar-refractivity contribution in [2.24, 2.45) is 5.92 Å². The lowest BCUT2D eigenvalue weighted by atomic mass is 10.0. The molecular weight excluding hydrogens is 188 g/mol. The van der Waals surface area contributed by atoms with Gasteiger partial charge in [-0.05, 0) is 12.0 Å². The first-order chi connectivity index (χ1) is 7.24. The van der Waals surface area contributed by atoms with E-state index in [1.165, 1.54) is 0 Å². The van der Waals surface area contributed by atoms with Crippen molar-refractivity contribution in [3.63, 3.8) is 0 Å². The molecular formula is C13H18O2. The van der Waals surface area contributed by atoms with Crippen LogP contribution in [0.5, 0.6) is 0 Å². The van der Waals surface area contributed by atoms with Crippen molar-refractivity contribution in [2.45, 2.75) is 19.4 Å².